The molecule has 0 unspecified atom stereocenters. The highest BCUT2D eigenvalue weighted by atomic mass is 15.3. The van der Waals surface area contributed by atoms with Crippen molar-refractivity contribution in [2.45, 2.75) is 26.3 Å². The van der Waals surface area contributed by atoms with Gasteiger partial charge in [-0.05, 0) is 43.1 Å². The number of hydrogen-bond acceptors (Lipinski definition) is 2. The van der Waals surface area contributed by atoms with Gasteiger partial charge in [0.25, 0.3) is 0 Å². The number of hydrogen-bond donors (Lipinski definition) is 1. The van der Waals surface area contributed by atoms with Crippen LogP contribution in [0.5, 0.6) is 0 Å². The van der Waals surface area contributed by atoms with E-state index in [4.69, 9.17) is 0 Å². The molecule has 2 rings (SSSR count). The minimum Gasteiger partial charge on any atom is -0.316 e. The molecule has 1 aromatic heterocycles. The van der Waals surface area contributed by atoms with Gasteiger partial charge in [-0.1, -0.05) is 31.2 Å². The number of benzene rings is 1. The lowest BCUT2D eigenvalue weighted by Gasteiger charge is -2.10. The van der Waals surface area contributed by atoms with Gasteiger partial charge in [-0.15, -0.1) is 0 Å². The second-order valence-corrected chi connectivity index (χ2v) is 4.47. The maximum absolute atomic E-state index is 4.26. The lowest BCUT2D eigenvalue weighted by atomic mass is 10.0. The van der Waals surface area contributed by atoms with Crippen LogP contribution in [0.2, 0.25) is 0 Å². The van der Waals surface area contributed by atoms with E-state index in [0.29, 0.717) is 0 Å². The number of aromatic nitrogens is 2. The Kier molecular flexibility index (Phi) is 4.97. The van der Waals surface area contributed by atoms with Crippen LogP contribution in [0, 0.1) is 0 Å². The number of nitrogens with one attached hydrogen (secondary N) is 1. The van der Waals surface area contributed by atoms with Crippen molar-refractivity contribution in [3.05, 3.63) is 53.9 Å². The third-order valence-corrected chi connectivity index (χ3v) is 3.01. The fraction of sp³-hybridized carbons (Fsp3) is 0.400. The van der Waals surface area contributed by atoms with Crippen molar-refractivity contribution in [3.8, 4) is 0 Å². The fourth-order valence-electron chi connectivity index (χ4n) is 2.05. The van der Waals surface area contributed by atoms with Crippen molar-refractivity contribution >= 4 is 0 Å². The van der Waals surface area contributed by atoms with Crippen LogP contribution < -0.4 is 5.32 Å². The monoisotopic (exact) mass is 243 g/mol. The molecule has 0 saturated heterocycles. The average molecular weight is 243 g/mol. The first kappa shape index (κ1) is 12.8. The van der Waals surface area contributed by atoms with Crippen LogP contribution in [0.1, 0.15) is 24.5 Å². The highest BCUT2D eigenvalue weighted by Gasteiger charge is 2.02. The largest absolute Gasteiger partial charge is 0.316 e. The lowest BCUT2D eigenvalue weighted by molar-refractivity contribution is 0.655. The SMILES string of the molecule is CCCNCCc1ccccc1Cn1cccn1. The average Bonchev–Trinajstić information content (AvgIpc) is 2.89. The molecular formula is C15H21N3. The van der Waals surface area contributed by atoms with Gasteiger partial charge in [-0.3, -0.25) is 4.68 Å². The van der Waals surface area contributed by atoms with E-state index in [0.717, 1.165) is 26.1 Å². The molecule has 0 aliphatic rings. The molecule has 96 valence electrons. The Morgan fingerprint density at radius 1 is 1.11 bits per heavy atom. The van der Waals surface area contributed by atoms with E-state index >= 15 is 0 Å². The summed E-state index contributed by atoms with van der Waals surface area (Å²) in [5, 5.41) is 7.71. The highest BCUT2D eigenvalue weighted by molar-refractivity contribution is 5.27. The van der Waals surface area contributed by atoms with Crippen molar-refractivity contribution < 1.29 is 0 Å². The molecule has 3 nitrogen and oxygen atoms in total. The maximum atomic E-state index is 4.26. The van der Waals surface area contributed by atoms with Crippen molar-refractivity contribution in [2.24, 2.45) is 0 Å². The Labute approximate surface area is 109 Å². The quantitative estimate of drug-likeness (QED) is 0.757. The van der Waals surface area contributed by atoms with E-state index < -0.39 is 0 Å². The standard InChI is InChI=1S/C15H21N3/c1-2-9-16-11-8-14-6-3-4-7-15(14)13-18-12-5-10-17-18/h3-7,10,12,16H,2,8-9,11,13H2,1H3. The summed E-state index contributed by atoms with van der Waals surface area (Å²) in [4.78, 5) is 0. The van der Waals surface area contributed by atoms with Gasteiger partial charge in [0.2, 0.25) is 0 Å². The molecule has 0 amide bonds. The fourth-order valence-corrected chi connectivity index (χ4v) is 2.05. The molecule has 0 atom stereocenters. The van der Waals surface area contributed by atoms with Crippen LogP contribution in [0.15, 0.2) is 42.7 Å². The molecule has 1 aromatic carbocycles. The summed E-state index contributed by atoms with van der Waals surface area (Å²) in [5.74, 6) is 0. The first-order chi connectivity index (χ1) is 8.90. The van der Waals surface area contributed by atoms with Gasteiger partial charge in [0.15, 0.2) is 0 Å². The van der Waals surface area contributed by atoms with Gasteiger partial charge in [-0.25, -0.2) is 0 Å². The third kappa shape index (κ3) is 3.70. The summed E-state index contributed by atoms with van der Waals surface area (Å²) >= 11 is 0. The van der Waals surface area contributed by atoms with E-state index in [1.54, 1.807) is 0 Å². The molecule has 0 aliphatic heterocycles. The van der Waals surface area contributed by atoms with Crippen LogP contribution >= 0.6 is 0 Å². The first-order valence-corrected chi connectivity index (χ1v) is 6.65. The zero-order valence-electron chi connectivity index (χ0n) is 11.0. The van der Waals surface area contributed by atoms with Crippen molar-refractivity contribution in [1.29, 1.82) is 0 Å². The summed E-state index contributed by atoms with van der Waals surface area (Å²) in [6.45, 7) is 5.20. The zero-order chi connectivity index (χ0) is 12.6. The van der Waals surface area contributed by atoms with Gasteiger partial charge in [0.1, 0.15) is 0 Å². The van der Waals surface area contributed by atoms with E-state index in [2.05, 4.69) is 41.6 Å². The summed E-state index contributed by atoms with van der Waals surface area (Å²) < 4.78 is 1.97. The van der Waals surface area contributed by atoms with Crippen LogP contribution in [-0.2, 0) is 13.0 Å². The number of nitrogens with zero attached hydrogens (tertiary/aromatic N) is 2. The molecule has 1 N–H and O–H groups in total. The highest BCUT2D eigenvalue weighted by Crippen LogP contribution is 2.10. The summed E-state index contributed by atoms with van der Waals surface area (Å²) in [6.07, 6.45) is 6.10. The summed E-state index contributed by atoms with van der Waals surface area (Å²) in [7, 11) is 0. The van der Waals surface area contributed by atoms with E-state index in [-0.39, 0.29) is 0 Å². The van der Waals surface area contributed by atoms with Crippen LogP contribution in [0.3, 0.4) is 0 Å². The predicted molar refractivity (Wildman–Crippen MR) is 74.6 cm³/mol. The molecule has 0 aliphatic carbocycles. The van der Waals surface area contributed by atoms with Crippen molar-refractivity contribution in [1.82, 2.24) is 15.1 Å². The smallest absolute Gasteiger partial charge is 0.0662 e. The molecule has 0 fully saturated rings. The molecule has 1 heterocycles. The van der Waals surface area contributed by atoms with Gasteiger partial charge < -0.3 is 5.32 Å². The number of rotatable bonds is 7. The van der Waals surface area contributed by atoms with Crippen LogP contribution in [0.4, 0.5) is 0 Å². The van der Waals surface area contributed by atoms with E-state index in [1.807, 2.05) is 23.1 Å². The minimum atomic E-state index is 0.858. The molecular weight excluding hydrogens is 222 g/mol. The molecule has 18 heavy (non-hydrogen) atoms. The van der Waals surface area contributed by atoms with E-state index in [9.17, 15) is 0 Å². The summed E-state index contributed by atoms with van der Waals surface area (Å²) in [6, 6.07) is 10.6. The second-order valence-electron chi connectivity index (χ2n) is 4.47. The van der Waals surface area contributed by atoms with Gasteiger partial charge in [-0.2, -0.15) is 5.10 Å². The van der Waals surface area contributed by atoms with Crippen molar-refractivity contribution in [3.63, 3.8) is 0 Å². The summed E-state index contributed by atoms with van der Waals surface area (Å²) in [5.41, 5.74) is 2.77. The molecule has 0 spiro atoms. The second kappa shape index (κ2) is 6.97. The van der Waals surface area contributed by atoms with Crippen LogP contribution in [-0.4, -0.2) is 22.9 Å². The Balaban J connectivity index is 1.97. The topological polar surface area (TPSA) is 29.9 Å². The predicted octanol–water partition coefficient (Wildman–Crippen LogP) is 2.47. The molecule has 0 bridgehead atoms. The molecule has 3 heteroatoms. The molecule has 0 saturated carbocycles. The molecule has 0 radical (unpaired) electrons. The Bertz CT molecular complexity index is 449. The lowest BCUT2D eigenvalue weighted by Crippen LogP contribution is -2.18. The Morgan fingerprint density at radius 3 is 2.67 bits per heavy atom. The maximum Gasteiger partial charge on any atom is 0.0662 e. The first-order valence-electron chi connectivity index (χ1n) is 6.65. The minimum absolute atomic E-state index is 0.858. The van der Waals surface area contributed by atoms with Crippen LogP contribution in [0.25, 0.3) is 0 Å². The van der Waals surface area contributed by atoms with Crippen molar-refractivity contribution in [2.75, 3.05) is 13.1 Å². The molecule has 2 aromatic rings. The van der Waals surface area contributed by atoms with Gasteiger partial charge >= 0.3 is 0 Å². The normalized spacial score (nSPS) is 10.7. The Morgan fingerprint density at radius 2 is 1.94 bits per heavy atom. The third-order valence-electron chi connectivity index (χ3n) is 3.01. The Hall–Kier alpha value is -1.61. The van der Waals surface area contributed by atoms with Gasteiger partial charge in [0, 0.05) is 12.4 Å². The van der Waals surface area contributed by atoms with Gasteiger partial charge in [0.05, 0.1) is 6.54 Å². The van der Waals surface area contributed by atoms with E-state index in [1.165, 1.54) is 17.5 Å². The zero-order valence-corrected chi connectivity index (χ0v) is 11.0.